The summed E-state index contributed by atoms with van der Waals surface area (Å²) in [6.07, 6.45) is 1.22. The lowest BCUT2D eigenvalue weighted by Crippen LogP contribution is -2.13. The van der Waals surface area contributed by atoms with Gasteiger partial charge in [0, 0.05) is 11.8 Å². The van der Waals surface area contributed by atoms with E-state index in [2.05, 4.69) is 31.2 Å². The fourth-order valence-electron chi connectivity index (χ4n) is 1.60. The van der Waals surface area contributed by atoms with Gasteiger partial charge in [0.1, 0.15) is 10.3 Å². The van der Waals surface area contributed by atoms with Gasteiger partial charge in [0.15, 0.2) is 5.13 Å². The summed E-state index contributed by atoms with van der Waals surface area (Å²) in [7, 11) is 0. The second kappa shape index (κ2) is 7.28. The molecular formula is C13H12BrN3O3S. The maximum Gasteiger partial charge on any atom is 0.303 e. The van der Waals surface area contributed by atoms with Crippen LogP contribution in [-0.4, -0.2) is 27.0 Å². The highest BCUT2D eigenvalue weighted by Gasteiger charge is 2.11. The highest BCUT2D eigenvalue weighted by molar-refractivity contribution is 9.10. The summed E-state index contributed by atoms with van der Waals surface area (Å²) in [4.78, 5) is 30.7. The van der Waals surface area contributed by atoms with Crippen LogP contribution < -0.4 is 5.32 Å². The number of aryl methyl sites for hydroxylation is 1. The van der Waals surface area contributed by atoms with Crippen LogP contribution in [0.1, 0.15) is 29.0 Å². The van der Waals surface area contributed by atoms with Crippen LogP contribution in [-0.2, 0) is 11.2 Å². The summed E-state index contributed by atoms with van der Waals surface area (Å²) in [5, 5.41) is 13.5. The summed E-state index contributed by atoms with van der Waals surface area (Å²) < 4.78 is 0.587. The number of carbonyl (C=O) groups excluding carboxylic acids is 1. The van der Waals surface area contributed by atoms with E-state index in [0.717, 1.165) is 5.69 Å². The maximum absolute atomic E-state index is 12.0. The van der Waals surface area contributed by atoms with Crippen molar-refractivity contribution in [1.82, 2.24) is 9.97 Å². The monoisotopic (exact) mass is 369 g/mol. The van der Waals surface area contributed by atoms with E-state index in [0.29, 0.717) is 28.3 Å². The van der Waals surface area contributed by atoms with Crippen molar-refractivity contribution in [3.05, 3.63) is 39.6 Å². The first-order valence-electron chi connectivity index (χ1n) is 6.14. The molecule has 2 N–H and O–H groups in total. The highest BCUT2D eigenvalue weighted by Crippen LogP contribution is 2.18. The first kappa shape index (κ1) is 15.6. The number of aromatic nitrogens is 2. The van der Waals surface area contributed by atoms with Gasteiger partial charge in [-0.15, -0.1) is 11.3 Å². The second-order valence-corrected chi connectivity index (χ2v) is 5.86. The van der Waals surface area contributed by atoms with Crippen molar-refractivity contribution in [2.75, 3.05) is 5.32 Å². The number of anilines is 1. The van der Waals surface area contributed by atoms with E-state index in [1.165, 1.54) is 11.3 Å². The molecule has 110 valence electrons. The molecule has 0 spiro atoms. The Balaban J connectivity index is 1.93. The van der Waals surface area contributed by atoms with Crippen LogP contribution in [0.25, 0.3) is 0 Å². The molecule has 0 aliphatic heterocycles. The van der Waals surface area contributed by atoms with Crippen LogP contribution in [0.5, 0.6) is 0 Å². The number of aliphatic carboxylic acids is 1. The molecule has 6 nitrogen and oxygen atoms in total. The van der Waals surface area contributed by atoms with Crippen LogP contribution >= 0.6 is 27.3 Å². The van der Waals surface area contributed by atoms with Crippen molar-refractivity contribution < 1.29 is 14.7 Å². The van der Waals surface area contributed by atoms with E-state index >= 15 is 0 Å². The van der Waals surface area contributed by atoms with Gasteiger partial charge in [-0.05, 0) is 40.9 Å². The number of carboxylic acids is 1. The molecule has 21 heavy (non-hydrogen) atoms. The Labute approximate surface area is 133 Å². The first-order valence-corrected chi connectivity index (χ1v) is 7.82. The number of nitrogens with zero attached hydrogens (tertiary/aromatic N) is 2. The van der Waals surface area contributed by atoms with E-state index in [1.54, 1.807) is 18.2 Å². The van der Waals surface area contributed by atoms with Crippen LogP contribution in [0.4, 0.5) is 5.13 Å². The van der Waals surface area contributed by atoms with Crippen molar-refractivity contribution >= 4 is 44.3 Å². The van der Waals surface area contributed by atoms with Crippen LogP contribution in [0.15, 0.2) is 28.2 Å². The lowest BCUT2D eigenvalue weighted by atomic mass is 10.2. The van der Waals surface area contributed by atoms with Gasteiger partial charge in [0.05, 0.1) is 5.69 Å². The highest BCUT2D eigenvalue weighted by atomic mass is 79.9. The number of carboxylic acid groups (broad SMARTS) is 1. The Morgan fingerprint density at radius 2 is 2.14 bits per heavy atom. The Bertz CT molecular complexity index is 660. The fraction of sp³-hybridized carbons (Fsp3) is 0.231. The summed E-state index contributed by atoms with van der Waals surface area (Å²) in [5.41, 5.74) is 1.07. The van der Waals surface area contributed by atoms with E-state index in [1.807, 2.05) is 5.38 Å². The molecule has 0 saturated carbocycles. The summed E-state index contributed by atoms with van der Waals surface area (Å²) in [6.45, 7) is 0. The second-order valence-electron chi connectivity index (χ2n) is 4.19. The Kier molecular flexibility index (Phi) is 5.40. The average Bonchev–Trinajstić information content (AvgIpc) is 2.86. The lowest BCUT2D eigenvalue weighted by molar-refractivity contribution is -0.137. The molecule has 8 heteroatoms. The summed E-state index contributed by atoms with van der Waals surface area (Å²) >= 11 is 4.51. The largest absolute Gasteiger partial charge is 0.481 e. The van der Waals surface area contributed by atoms with Crippen LogP contribution in [0, 0.1) is 0 Å². The molecule has 1 amide bonds. The molecule has 0 atom stereocenters. The van der Waals surface area contributed by atoms with E-state index in [-0.39, 0.29) is 12.3 Å². The molecule has 2 heterocycles. The molecule has 2 rings (SSSR count). The zero-order chi connectivity index (χ0) is 15.2. The minimum absolute atomic E-state index is 0.112. The molecule has 0 aromatic carbocycles. The molecule has 0 saturated heterocycles. The number of hydrogen-bond acceptors (Lipinski definition) is 5. The average molecular weight is 370 g/mol. The third kappa shape index (κ3) is 4.91. The van der Waals surface area contributed by atoms with E-state index < -0.39 is 5.97 Å². The zero-order valence-electron chi connectivity index (χ0n) is 10.9. The number of hydrogen-bond donors (Lipinski definition) is 2. The molecule has 0 aliphatic rings. The lowest BCUT2D eigenvalue weighted by Gasteiger charge is -2.01. The van der Waals surface area contributed by atoms with Gasteiger partial charge in [-0.3, -0.25) is 14.9 Å². The van der Waals surface area contributed by atoms with Crippen molar-refractivity contribution in [2.45, 2.75) is 19.3 Å². The molecule has 0 bridgehead atoms. The van der Waals surface area contributed by atoms with Crippen LogP contribution in [0.3, 0.4) is 0 Å². The summed E-state index contributed by atoms with van der Waals surface area (Å²) in [6, 6.07) is 5.08. The van der Waals surface area contributed by atoms with Gasteiger partial charge < -0.3 is 5.11 Å². The molecule has 2 aromatic heterocycles. The normalized spacial score (nSPS) is 10.3. The van der Waals surface area contributed by atoms with Crippen molar-refractivity contribution in [2.24, 2.45) is 0 Å². The Morgan fingerprint density at radius 1 is 1.33 bits per heavy atom. The molecular weight excluding hydrogens is 358 g/mol. The zero-order valence-corrected chi connectivity index (χ0v) is 13.3. The molecule has 0 unspecified atom stereocenters. The number of rotatable bonds is 6. The quantitative estimate of drug-likeness (QED) is 0.763. The minimum atomic E-state index is -0.820. The van der Waals surface area contributed by atoms with Gasteiger partial charge in [0.2, 0.25) is 0 Å². The molecule has 2 aromatic rings. The molecule has 0 fully saturated rings. The van der Waals surface area contributed by atoms with Gasteiger partial charge in [-0.2, -0.15) is 0 Å². The Hall–Kier alpha value is -1.80. The van der Waals surface area contributed by atoms with Crippen molar-refractivity contribution in [3.63, 3.8) is 0 Å². The number of pyridine rings is 1. The standard InChI is InChI=1S/C13H12BrN3O3S/c14-10-5-2-4-9(16-10)12(20)17-13-15-8(7-21-13)3-1-6-11(18)19/h2,4-5,7H,1,3,6H2,(H,18,19)(H,15,17,20). The van der Waals surface area contributed by atoms with Gasteiger partial charge >= 0.3 is 5.97 Å². The summed E-state index contributed by atoms with van der Waals surface area (Å²) in [5.74, 6) is -1.15. The minimum Gasteiger partial charge on any atom is -0.481 e. The van der Waals surface area contributed by atoms with Crippen LogP contribution in [0.2, 0.25) is 0 Å². The van der Waals surface area contributed by atoms with Gasteiger partial charge in [-0.1, -0.05) is 6.07 Å². The fourth-order valence-corrected chi connectivity index (χ4v) is 2.68. The van der Waals surface area contributed by atoms with E-state index in [9.17, 15) is 9.59 Å². The molecule has 0 radical (unpaired) electrons. The SMILES string of the molecule is O=C(O)CCCc1csc(NC(=O)c2cccc(Br)n2)n1. The Morgan fingerprint density at radius 3 is 2.86 bits per heavy atom. The van der Waals surface area contributed by atoms with Crippen molar-refractivity contribution in [1.29, 1.82) is 0 Å². The number of thiazole rings is 1. The van der Waals surface area contributed by atoms with E-state index in [4.69, 9.17) is 5.11 Å². The predicted molar refractivity (Wildman–Crippen MR) is 82.6 cm³/mol. The third-order valence-electron chi connectivity index (χ3n) is 2.54. The third-order valence-corrected chi connectivity index (χ3v) is 3.79. The first-order chi connectivity index (χ1) is 10.0. The number of nitrogens with one attached hydrogen (secondary N) is 1. The number of halogens is 1. The smallest absolute Gasteiger partial charge is 0.303 e. The maximum atomic E-state index is 12.0. The van der Waals surface area contributed by atoms with Gasteiger partial charge in [0.25, 0.3) is 5.91 Å². The predicted octanol–water partition coefficient (Wildman–Crippen LogP) is 2.96. The van der Waals surface area contributed by atoms with Crippen molar-refractivity contribution in [3.8, 4) is 0 Å². The topological polar surface area (TPSA) is 92.2 Å². The number of carbonyl (C=O) groups is 2. The van der Waals surface area contributed by atoms with Gasteiger partial charge in [-0.25, -0.2) is 9.97 Å². The molecule has 0 aliphatic carbocycles. The number of amides is 1.